The fraction of sp³-hybridized carbons (Fsp3) is 0.698. The summed E-state index contributed by atoms with van der Waals surface area (Å²) in [4.78, 5) is 170. The summed E-state index contributed by atoms with van der Waals surface area (Å²) in [5.41, 5.74) is 0.410. The predicted octanol–water partition coefficient (Wildman–Crippen LogP) is 9.64. The van der Waals surface area contributed by atoms with Crippen LogP contribution in [-0.2, 0) is 95.4 Å². The monoisotopic (exact) mass is 1690 g/mol. The molecular formula is C86H139N5O28. The molecule has 33 nitrogen and oxygen atoms in total. The van der Waals surface area contributed by atoms with Gasteiger partial charge in [-0.15, -0.1) is 0 Å². The van der Waals surface area contributed by atoms with Gasteiger partial charge in [0.25, 0.3) is 0 Å². The van der Waals surface area contributed by atoms with E-state index < -0.39 is 36.0 Å². The summed E-state index contributed by atoms with van der Waals surface area (Å²) in [6.07, 6.45) is 19.1. The van der Waals surface area contributed by atoms with Crippen molar-refractivity contribution in [3.05, 3.63) is 59.7 Å². The van der Waals surface area contributed by atoms with Gasteiger partial charge in [-0.1, -0.05) is 90.4 Å². The average Bonchev–Trinajstić information content (AvgIpc) is 0.876. The Hall–Kier alpha value is -8.70. The van der Waals surface area contributed by atoms with E-state index in [1.54, 1.807) is 24.3 Å². The Bertz CT molecular complexity index is 3230. The number of carboxylic acids is 4. The van der Waals surface area contributed by atoms with Crippen molar-refractivity contribution < 1.29 is 138 Å². The fourth-order valence-electron chi connectivity index (χ4n) is 12.0. The lowest BCUT2D eigenvalue weighted by atomic mass is 9.87. The lowest BCUT2D eigenvalue weighted by molar-refractivity contribution is -0.142. The van der Waals surface area contributed by atoms with E-state index in [-0.39, 0.29) is 254 Å². The Morgan fingerprint density at radius 1 is 0.319 bits per heavy atom. The van der Waals surface area contributed by atoms with Crippen molar-refractivity contribution in [3.63, 3.8) is 0 Å². The van der Waals surface area contributed by atoms with Crippen LogP contribution < -0.4 is 36.1 Å². The highest BCUT2D eigenvalue weighted by atomic mass is 16.5. The number of rotatable bonds is 83. The topological polar surface area (TPSA) is 472 Å². The molecule has 9 N–H and O–H groups in total. The Balaban J connectivity index is 0.0000720. The molecule has 4 atom stereocenters. The van der Waals surface area contributed by atoms with Crippen LogP contribution in [0.4, 0.5) is 0 Å². The van der Waals surface area contributed by atoms with Crippen LogP contribution >= 0.6 is 0 Å². The van der Waals surface area contributed by atoms with Gasteiger partial charge in [-0.05, 0) is 133 Å². The van der Waals surface area contributed by atoms with Crippen LogP contribution in [-0.4, -0.2) is 253 Å². The number of nitrogens with one attached hydrogen (secondary N) is 5. The van der Waals surface area contributed by atoms with Gasteiger partial charge in [-0.25, -0.2) is 19.2 Å². The number of ether oxygens (including phenoxy) is 10. The first kappa shape index (κ1) is 106. The number of carbonyl (C=O) groups is 14. The van der Waals surface area contributed by atoms with E-state index in [4.69, 9.17) is 57.6 Å². The summed E-state index contributed by atoms with van der Waals surface area (Å²) in [6, 6.07) is 10.2. The average molecular weight is 1690 g/mol. The van der Waals surface area contributed by atoms with Crippen LogP contribution in [0.5, 0.6) is 11.5 Å². The molecule has 0 unspecified atom stereocenters. The lowest BCUT2D eigenvalue weighted by Gasteiger charge is -2.16. The van der Waals surface area contributed by atoms with Gasteiger partial charge in [0.05, 0.1) is 90.4 Å². The highest BCUT2D eigenvalue weighted by Crippen LogP contribution is 2.22. The van der Waals surface area contributed by atoms with Crippen LogP contribution in [0.3, 0.4) is 0 Å². The summed E-state index contributed by atoms with van der Waals surface area (Å²) >= 11 is 0. The van der Waals surface area contributed by atoms with Gasteiger partial charge in [0.15, 0.2) is 11.6 Å². The van der Waals surface area contributed by atoms with E-state index in [0.29, 0.717) is 108 Å². The van der Waals surface area contributed by atoms with Crippen molar-refractivity contribution in [2.24, 2.45) is 11.8 Å². The normalized spacial score (nSPS) is 12.2. The highest BCUT2D eigenvalue weighted by Gasteiger charge is 2.25. The van der Waals surface area contributed by atoms with E-state index in [0.717, 1.165) is 83.5 Å². The molecule has 0 fully saturated rings. The molecular weight excluding hydrogens is 1550 g/mol. The molecule has 0 saturated heterocycles. The molecule has 0 spiro atoms. The van der Waals surface area contributed by atoms with Crippen molar-refractivity contribution in [2.45, 2.75) is 238 Å². The standard InChI is InChI=1S/C86H135N5O28.2H2/c1-65(24-18-19-43-87-81(100)63-116-58-53-111-47-23-28-72(95)62-115-57-54-112-50-44-88-78(97)42-41-76(86(108)109)91-80(99)30-17-10-6-4-8-12-21-49-119-74-38-33-68(34-39-74)84(104)105)77(96)60-69(66(2)92)25-14-13-15-26-71(94)61-114-56-55-113-51-45-89-82(101)64-117-59-52-110-46-22-27-70(93)35-40-75(85(106)107)90-79(98)29-16-9-5-3-7-11-20-48-118-73-36-31-67(32-37-73)83(102)103;;/h31-34,36-39,65,69,75-76H,3-30,35,40-64H2,1-2H3,(H,87,100)(H,88,97)(H,89,101)(H,90,98)(H,91,99)(H,102,103)(H,104,105)(H,106,107)(H,108,109);2*1H/t65-,69+,75-,76-;;/m0../s1. The zero-order valence-corrected chi connectivity index (χ0v) is 70.2. The number of amides is 5. The molecule has 2 aromatic carbocycles. The first-order valence-electron chi connectivity index (χ1n) is 42.4. The van der Waals surface area contributed by atoms with Crippen LogP contribution in [0, 0.1) is 11.8 Å². The molecule has 0 aliphatic carbocycles. The minimum atomic E-state index is -1.22. The van der Waals surface area contributed by atoms with Crippen molar-refractivity contribution in [2.75, 3.05) is 139 Å². The molecule has 0 saturated carbocycles. The number of benzene rings is 2. The largest absolute Gasteiger partial charge is 0.494 e. The van der Waals surface area contributed by atoms with Crippen molar-refractivity contribution in [1.29, 1.82) is 0 Å². The SMILES string of the molecule is CC(=O)[C@H](CCCCCC(=O)COCCOCCNC(=O)COCCOCCCC(=O)CC[C@H](NC(=O)CCCCCCCCCOc1ccc(C(=O)O)cc1)C(=O)O)CC(=O)[C@@H](C)CCCCNC(=O)COCCOCCCC(=O)COCCOCCNC(=O)CC[C@H](NC(=O)CCCCCCCCCOc1ccc(C(=O)O)cc1)C(=O)O.[HH].[HH]. The van der Waals surface area contributed by atoms with Crippen molar-refractivity contribution >= 4 is 82.3 Å². The molecule has 5 amide bonds. The predicted molar refractivity (Wildman–Crippen MR) is 442 cm³/mol. The Morgan fingerprint density at radius 3 is 1.13 bits per heavy atom. The van der Waals surface area contributed by atoms with E-state index in [2.05, 4.69) is 26.6 Å². The third-order valence-electron chi connectivity index (χ3n) is 19.0. The number of hydrogen-bond donors (Lipinski definition) is 9. The van der Waals surface area contributed by atoms with Gasteiger partial charge < -0.3 is 94.4 Å². The summed E-state index contributed by atoms with van der Waals surface area (Å²) in [7, 11) is 0. The Labute approximate surface area is 703 Å². The van der Waals surface area contributed by atoms with Crippen LogP contribution in [0.25, 0.3) is 0 Å². The highest BCUT2D eigenvalue weighted by molar-refractivity contribution is 5.90. The Morgan fingerprint density at radius 2 is 0.681 bits per heavy atom. The molecule has 0 aromatic heterocycles. The van der Waals surface area contributed by atoms with Crippen molar-refractivity contribution in [3.8, 4) is 11.5 Å². The first-order valence-corrected chi connectivity index (χ1v) is 42.4. The second kappa shape index (κ2) is 71.1. The smallest absolute Gasteiger partial charge is 0.335 e. The summed E-state index contributed by atoms with van der Waals surface area (Å²) < 4.78 is 54.8. The van der Waals surface area contributed by atoms with Gasteiger partial charge in [0.2, 0.25) is 29.5 Å². The summed E-state index contributed by atoms with van der Waals surface area (Å²) in [6.45, 7) is 7.28. The number of carboxylic acid groups (broad SMARTS) is 4. The second-order valence-electron chi connectivity index (χ2n) is 29.3. The molecule has 0 bridgehead atoms. The molecule has 0 radical (unpaired) electrons. The number of Topliss-reactive ketones (excluding diaryl/α,β-unsaturated/α-hetero) is 5. The maximum absolute atomic E-state index is 13.1. The number of unbranched alkanes of at least 4 members (excludes halogenated alkanes) is 15. The van der Waals surface area contributed by atoms with Gasteiger partial charge in [0, 0.05) is 98.9 Å². The maximum atomic E-state index is 13.1. The van der Waals surface area contributed by atoms with Gasteiger partial charge in [-0.2, -0.15) is 0 Å². The van der Waals surface area contributed by atoms with Gasteiger partial charge in [-0.3, -0.25) is 47.9 Å². The number of aliphatic carboxylic acids is 2. The molecule has 0 aliphatic rings. The summed E-state index contributed by atoms with van der Waals surface area (Å²) in [5.74, 6) is -5.86. The second-order valence-corrected chi connectivity index (χ2v) is 29.3. The molecule has 2 rings (SSSR count). The van der Waals surface area contributed by atoms with Crippen LogP contribution in [0.1, 0.15) is 249 Å². The first-order chi connectivity index (χ1) is 57.4. The molecule has 119 heavy (non-hydrogen) atoms. The third kappa shape index (κ3) is 61.3. The molecule has 0 heterocycles. The molecule has 2 aromatic rings. The number of aromatic carboxylic acids is 2. The van der Waals surface area contributed by atoms with Crippen LogP contribution in [0.2, 0.25) is 0 Å². The quantitative estimate of drug-likeness (QED) is 0.0278. The summed E-state index contributed by atoms with van der Waals surface area (Å²) in [5, 5.41) is 50.3. The van der Waals surface area contributed by atoms with Gasteiger partial charge >= 0.3 is 23.9 Å². The van der Waals surface area contributed by atoms with Crippen molar-refractivity contribution in [1.82, 2.24) is 26.6 Å². The fourth-order valence-corrected chi connectivity index (χ4v) is 12.0. The molecule has 33 heteroatoms. The Kier molecular flexibility index (Phi) is 63.5. The maximum Gasteiger partial charge on any atom is 0.335 e. The van der Waals surface area contributed by atoms with Gasteiger partial charge in [0.1, 0.15) is 67.4 Å². The van der Waals surface area contributed by atoms with E-state index >= 15 is 0 Å². The number of hydrogen-bond acceptors (Lipinski definition) is 24. The zero-order chi connectivity index (χ0) is 87.1. The van der Waals surface area contributed by atoms with E-state index in [1.165, 1.54) is 31.2 Å². The third-order valence-corrected chi connectivity index (χ3v) is 19.0. The lowest BCUT2D eigenvalue weighted by Crippen LogP contribution is -2.41. The van der Waals surface area contributed by atoms with E-state index in [1.807, 2.05) is 6.92 Å². The minimum Gasteiger partial charge on any atom is -0.494 e. The minimum absolute atomic E-state index is 0. The van der Waals surface area contributed by atoms with E-state index in [9.17, 15) is 77.3 Å². The molecule has 0 aliphatic heterocycles. The number of carbonyl (C=O) groups excluding carboxylic acids is 10. The zero-order valence-electron chi connectivity index (χ0n) is 70.2. The number of ketones is 5. The van der Waals surface area contributed by atoms with Crippen LogP contribution in [0.15, 0.2) is 48.5 Å². The molecule has 676 valence electrons.